The van der Waals surface area contributed by atoms with Crippen molar-refractivity contribution in [3.8, 4) is 0 Å². The number of hydrogen-bond acceptors (Lipinski definition) is 3. The molecule has 0 fully saturated rings. The van der Waals surface area contributed by atoms with E-state index < -0.39 is 12.1 Å². The van der Waals surface area contributed by atoms with Crippen LogP contribution in [0.4, 0.5) is 10.5 Å². The summed E-state index contributed by atoms with van der Waals surface area (Å²) < 4.78 is 0. The summed E-state index contributed by atoms with van der Waals surface area (Å²) in [6.45, 7) is 5.63. The Morgan fingerprint density at radius 1 is 0.929 bits per heavy atom. The molecule has 0 radical (unpaired) electrons. The molecule has 0 aliphatic carbocycles. The average Bonchev–Trinajstić information content (AvgIpc) is 3.11. The molecule has 7 nitrogen and oxygen atoms in total. The van der Waals surface area contributed by atoms with E-state index in [4.69, 9.17) is 0 Å². The quantitative estimate of drug-likeness (QED) is 0.527. The predicted molar refractivity (Wildman–Crippen MR) is 110 cm³/mol. The van der Waals surface area contributed by atoms with Crippen LogP contribution in [0, 0.1) is 5.92 Å². The lowest BCUT2D eigenvalue weighted by molar-refractivity contribution is -0.124. The molecule has 28 heavy (non-hydrogen) atoms. The first kappa shape index (κ1) is 19.4. The van der Waals surface area contributed by atoms with Crippen molar-refractivity contribution >= 4 is 28.7 Å². The third kappa shape index (κ3) is 4.68. The van der Waals surface area contributed by atoms with E-state index in [1.165, 1.54) is 0 Å². The Bertz CT molecular complexity index is 919. The lowest BCUT2D eigenvalue weighted by Crippen LogP contribution is -2.51. The number of hydrogen-bond donors (Lipinski definition) is 4. The Kier molecular flexibility index (Phi) is 5.93. The third-order valence-corrected chi connectivity index (χ3v) is 4.44. The SMILES string of the molecule is CC(NC(=O)C(NC(=O)Nc1ccccc1)C(C)C)c1nc2ccccc2[nH]1. The van der Waals surface area contributed by atoms with Crippen LogP contribution >= 0.6 is 0 Å². The van der Waals surface area contributed by atoms with Gasteiger partial charge in [-0.1, -0.05) is 44.2 Å². The van der Waals surface area contributed by atoms with Gasteiger partial charge in [-0.2, -0.15) is 0 Å². The number of benzene rings is 2. The molecule has 0 aliphatic rings. The summed E-state index contributed by atoms with van der Waals surface area (Å²) in [6.07, 6.45) is 0. The second-order valence-corrected chi connectivity index (χ2v) is 7.06. The number of H-pyrrole nitrogens is 1. The van der Waals surface area contributed by atoms with E-state index in [0.29, 0.717) is 11.5 Å². The number of para-hydroxylation sites is 3. The van der Waals surface area contributed by atoms with Crippen LogP contribution in [0.1, 0.15) is 32.6 Å². The number of nitrogens with zero attached hydrogens (tertiary/aromatic N) is 1. The van der Waals surface area contributed by atoms with Gasteiger partial charge in [0.2, 0.25) is 5.91 Å². The number of rotatable bonds is 6. The van der Waals surface area contributed by atoms with Crippen molar-refractivity contribution in [2.24, 2.45) is 5.92 Å². The molecule has 0 bridgehead atoms. The molecule has 3 amide bonds. The lowest BCUT2D eigenvalue weighted by atomic mass is 10.0. The van der Waals surface area contributed by atoms with Gasteiger partial charge in [0.15, 0.2) is 0 Å². The zero-order chi connectivity index (χ0) is 20.1. The number of aromatic amines is 1. The number of aromatic nitrogens is 2. The fourth-order valence-corrected chi connectivity index (χ4v) is 2.91. The molecule has 4 N–H and O–H groups in total. The maximum absolute atomic E-state index is 12.8. The van der Waals surface area contributed by atoms with Crippen LogP contribution in [0.2, 0.25) is 0 Å². The number of carbonyl (C=O) groups excluding carboxylic acids is 2. The second-order valence-electron chi connectivity index (χ2n) is 7.06. The number of anilines is 1. The van der Waals surface area contributed by atoms with E-state index in [-0.39, 0.29) is 17.9 Å². The van der Waals surface area contributed by atoms with Gasteiger partial charge in [-0.25, -0.2) is 9.78 Å². The molecule has 7 heteroatoms. The number of fused-ring (bicyclic) bond motifs is 1. The summed E-state index contributed by atoms with van der Waals surface area (Å²) in [4.78, 5) is 32.8. The standard InChI is InChI=1S/C21H25N5O2/c1-13(2)18(26-21(28)23-15-9-5-4-6-10-15)20(27)22-14(3)19-24-16-11-7-8-12-17(16)25-19/h4-14,18H,1-3H3,(H,22,27)(H,24,25)(H2,23,26,28). The average molecular weight is 379 g/mol. The topological polar surface area (TPSA) is 98.9 Å². The molecule has 1 heterocycles. The Labute approximate surface area is 163 Å². The first-order valence-corrected chi connectivity index (χ1v) is 9.31. The summed E-state index contributed by atoms with van der Waals surface area (Å²) in [5.41, 5.74) is 2.43. The first-order valence-electron chi connectivity index (χ1n) is 9.31. The van der Waals surface area contributed by atoms with E-state index in [0.717, 1.165) is 11.0 Å². The van der Waals surface area contributed by atoms with Crippen molar-refractivity contribution < 1.29 is 9.59 Å². The van der Waals surface area contributed by atoms with Gasteiger partial charge in [-0.3, -0.25) is 4.79 Å². The first-order chi connectivity index (χ1) is 13.4. The Morgan fingerprint density at radius 2 is 1.61 bits per heavy atom. The van der Waals surface area contributed by atoms with E-state index in [1.54, 1.807) is 12.1 Å². The number of nitrogens with one attached hydrogen (secondary N) is 4. The van der Waals surface area contributed by atoms with Gasteiger partial charge in [-0.05, 0) is 37.1 Å². The van der Waals surface area contributed by atoms with Crippen molar-refractivity contribution in [2.45, 2.75) is 32.9 Å². The van der Waals surface area contributed by atoms with E-state index in [1.807, 2.05) is 63.2 Å². The van der Waals surface area contributed by atoms with E-state index >= 15 is 0 Å². The molecule has 0 aliphatic heterocycles. The summed E-state index contributed by atoms with van der Waals surface area (Å²) in [5.74, 6) is 0.335. The molecule has 0 spiro atoms. The maximum atomic E-state index is 12.8. The van der Waals surface area contributed by atoms with Gasteiger partial charge in [0.1, 0.15) is 11.9 Å². The Balaban J connectivity index is 1.64. The van der Waals surface area contributed by atoms with Crippen molar-refractivity contribution in [2.75, 3.05) is 5.32 Å². The highest BCUT2D eigenvalue weighted by molar-refractivity contribution is 5.93. The van der Waals surface area contributed by atoms with Gasteiger partial charge in [0, 0.05) is 5.69 Å². The van der Waals surface area contributed by atoms with Crippen LogP contribution in [-0.4, -0.2) is 27.9 Å². The number of carbonyl (C=O) groups is 2. The molecule has 0 saturated carbocycles. The Morgan fingerprint density at radius 3 is 2.29 bits per heavy atom. The van der Waals surface area contributed by atoms with Gasteiger partial charge in [-0.15, -0.1) is 0 Å². The van der Waals surface area contributed by atoms with Crippen LogP contribution in [0.25, 0.3) is 11.0 Å². The Hall–Kier alpha value is -3.35. The minimum atomic E-state index is -0.671. The van der Waals surface area contributed by atoms with E-state index in [2.05, 4.69) is 25.9 Å². The molecule has 2 aromatic carbocycles. The molecular formula is C21H25N5O2. The van der Waals surface area contributed by atoms with Crippen LogP contribution in [0.5, 0.6) is 0 Å². The monoisotopic (exact) mass is 379 g/mol. The van der Waals surface area contributed by atoms with Crippen molar-refractivity contribution in [1.82, 2.24) is 20.6 Å². The minimum Gasteiger partial charge on any atom is -0.345 e. The fraction of sp³-hybridized carbons (Fsp3) is 0.286. The largest absolute Gasteiger partial charge is 0.345 e. The summed E-state index contributed by atoms with van der Waals surface area (Å²) in [6, 6.07) is 15.4. The zero-order valence-corrected chi connectivity index (χ0v) is 16.2. The normalized spacial score (nSPS) is 13.1. The maximum Gasteiger partial charge on any atom is 0.319 e. The molecule has 3 aromatic rings. The van der Waals surface area contributed by atoms with Crippen molar-refractivity contribution in [3.05, 3.63) is 60.4 Å². The van der Waals surface area contributed by atoms with Gasteiger partial charge in [0.25, 0.3) is 0 Å². The lowest BCUT2D eigenvalue weighted by Gasteiger charge is -2.23. The van der Waals surface area contributed by atoms with Gasteiger partial charge >= 0.3 is 6.03 Å². The smallest absolute Gasteiger partial charge is 0.319 e. The number of imidazole rings is 1. The molecule has 2 unspecified atom stereocenters. The summed E-state index contributed by atoms with van der Waals surface area (Å²) in [7, 11) is 0. The number of urea groups is 1. The van der Waals surface area contributed by atoms with Gasteiger partial charge in [0.05, 0.1) is 17.1 Å². The van der Waals surface area contributed by atoms with E-state index in [9.17, 15) is 9.59 Å². The molecular weight excluding hydrogens is 354 g/mol. The number of amides is 3. The highest BCUT2D eigenvalue weighted by Gasteiger charge is 2.26. The van der Waals surface area contributed by atoms with Crippen LogP contribution in [0.15, 0.2) is 54.6 Å². The minimum absolute atomic E-state index is 0.0793. The summed E-state index contributed by atoms with van der Waals surface area (Å²) >= 11 is 0. The van der Waals surface area contributed by atoms with Crippen molar-refractivity contribution in [3.63, 3.8) is 0 Å². The van der Waals surface area contributed by atoms with Crippen LogP contribution < -0.4 is 16.0 Å². The molecule has 1 aromatic heterocycles. The summed E-state index contributed by atoms with van der Waals surface area (Å²) in [5, 5.41) is 8.42. The van der Waals surface area contributed by atoms with Crippen LogP contribution in [0.3, 0.4) is 0 Å². The predicted octanol–water partition coefficient (Wildman–Crippen LogP) is 3.59. The second kappa shape index (κ2) is 8.56. The zero-order valence-electron chi connectivity index (χ0n) is 16.2. The molecule has 2 atom stereocenters. The highest BCUT2D eigenvalue weighted by atomic mass is 16.2. The molecule has 3 rings (SSSR count). The van der Waals surface area contributed by atoms with Gasteiger partial charge < -0.3 is 20.9 Å². The van der Waals surface area contributed by atoms with Crippen LogP contribution in [-0.2, 0) is 4.79 Å². The third-order valence-electron chi connectivity index (χ3n) is 4.44. The molecule has 146 valence electrons. The van der Waals surface area contributed by atoms with Crippen molar-refractivity contribution in [1.29, 1.82) is 0 Å². The fourth-order valence-electron chi connectivity index (χ4n) is 2.91. The molecule has 0 saturated heterocycles. The highest BCUT2D eigenvalue weighted by Crippen LogP contribution is 2.16.